The molecule has 2 aromatic heterocycles. The van der Waals surface area contributed by atoms with Crippen LogP contribution in [0.15, 0.2) is 36.0 Å². The van der Waals surface area contributed by atoms with Gasteiger partial charge in [0.1, 0.15) is 0 Å². The van der Waals surface area contributed by atoms with Crippen LogP contribution in [0.2, 0.25) is 0 Å². The van der Waals surface area contributed by atoms with Gasteiger partial charge in [-0.1, -0.05) is 12.0 Å². The van der Waals surface area contributed by atoms with Gasteiger partial charge in [0, 0.05) is 28.4 Å². The summed E-state index contributed by atoms with van der Waals surface area (Å²) in [4.78, 5) is 5.27. The molecule has 0 saturated carbocycles. The van der Waals surface area contributed by atoms with Gasteiger partial charge < -0.3 is 0 Å². The second-order valence-corrected chi connectivity index (χ2v) is 3.53. The molecule has 0 bridgehead atoms. The number of thiophene rings is 1. The standard InChI is InChI=1S/C11H7NS/c1-2-9-6-10(8-12-7-9)11-4-3-5-13-11/h1,3-8H. The van der Waals surface area contributed by atoms with Crippen molar-refractivity contribution in [3.63, 3.8) is 0 Å². The molecule has 62 valence electrons. The van der Waals surface area contributed by atoms with E-state index >= 15 is 0 Å². The molecule has 0 spiro atoms. The molecular weight excluding hydrogens is 178 g/mol. The minimum absolute atomic E-state index is 0.825. The van der Waals surface area contributed by atoms with Crippen molar-refractivity contribution in [3.05, 3.63) is 41.5 Å². The lowest BCUT2D eigenvalue weighted by Crippen LogP contribution is -1.79. The third kappa shape index (κ3) is 1.61. The van der Waals surface area contributed by atoms with E-state index in [0.29, 0.717) is 0 Å². The van der Waals surface area contributed by atoms with Gasteiger partial charge in [0.05, 0.1) is 0 Å². The van der Waals surface area contributed by atoms with Gasteiger partial charge in [-0.25, -0.2) is 0 Å². The summed E-state index contributed by atoms with van der Waals surface area (Å²) in [5.41, 5.74) is 1.91. The fourth-order valence-corrected chi connectivity index (χ4v) is 1.81. The van der Waals surface area contributed by atoms with Crippen LogP contribution in [0, 0.1) is 12.3 Å². The van der Waals surface area contributed by atoms with Gasteiger partial charge in [-0.15, -0.1) is 17.8 Å². The van der Waals surface area contributed by atoms with Crippen molar-refractivity contribution in [3.8, 4) is 22.8 Å². The van der Waals surface area contributed by atoms with E-state index in [1.807, 2.05) is 23.7 Å². The summed E-state index contributed by atoms with van der Waals surface area (Å²) in [7, 11) is 0. The highest BCUT2D eigenvalue weighted by molar-refractivity contribution is 7.13. The van der Waals surface area contributed by atoms with Crippen molar-refractivity contribution in [2.75, 3.05) is 0 Å². The van der Waals surface area contributed by atoms with Gasteiger partial charge in [-0.2, -0.15) is 0 Å². The molecule has 2 rings (SSSR count). The first-order valence-corrected chi connectivity index (χ1v) is 4.73. The van der Waals surface area contributed by atoms with Crippen molar-refractivity contribution >= 4 is 11.3 Å². The second-order valence-electron chi connectivity index (χ2n) is 2.58. The van der Waals surface area contributed by atoms with Crippen molar-refractivity contribution in [2.45, 2.75) is 0 Å². The number of hydrogen-bond donors (Lipinski definition) is 0. The second kappa shape index (κ2) is 3.42. The Kier molecular flexibility index (Phi) is 2.11. The van der Waals surface area contributed by atoms with E-state index in [1.165, 1.54) is 4.88 Å². The van der Waals surface area contributed by atoms with Gasteiger partial charge in [-0.3, -0.25) is 4.98 Å². The summed E-state index contributed by atoms with van der Waals surface area (Å²) >= 11 is 1.69. The predicted molar refractivity (Wildman–Crippen MR) is 55.5 cm³/mol. The largest absolute Gasteiger partial charge is 0.263 e. The Balaban J connectivity index is 2.49. The van der Waals surface area contributed by atoms with Gasteiger partial charge in [0.25, 0.3) is 0 Å². The van der Waals surface area contributed by atoms with Crippen molar-refractivity contribution in [2.24, 2.45) is 0 Å². The fraction of sp³-hybridized carbons (Fsp3) is 0. The smallest absolute Gasteiger partial charge is 0.0432 e. The molecule has 0 aromatic carbocycles. The molecule has 0 aliphatic heterocycles. The van der Waals surface area contributed by atoms with Crippen LogP contribution in [0.1, 0.15) is 5.56 Å². The number of hydrogen-bond acceptors (Lipinski definition) is 2. The lowest BCUT2D eigenvalue weighted by Gasteiger charge is -1.96. The Hall–Kier alpha value is -1.59. The molecule has 0 N–H and O–H groups in total. The van der Waals surface area contributed by atoms with E-state index in [0.717, 1.165) is 11.1 Å². The highest BCUT2D eigenvalue weighted by atomic mass is 32.1. The number of rotatable bonds is 1. The molecule has 0 aliphatic rings. The molecule has 0 unspecified atom stereocenters. The third-order valence-corrected chi connectivity index (χ3v) is 2.63. The van der Waals surface area contributed by atoms with Gasteiger partial charge >= 0.3 is 0 Å². The molecule has 2 heterocycles. The first-order valence-electron chi connectivity index (χ1n) is 3.85. The number of nitrogens with zero attached hydrogens (tertiary/aromatic N) is 1. The molecule has 0 radical (unpaired) electrons. The topological polar surface area (TPSA) is 12.9 Å². The lowest BCUT2D eigenvalue weighted by molar-refractivity contribution is 1.32. The molecule has 0 saturated heterocycles. The maximum absolute atomic E-state index is 5.29. The van der Waals surface area contributed by atoms with Crippen LogP contribution in [0.25, 0.3) is 10.4 Å². The summed E-state index contributed by atoms with van der Waals surface area (Å²) in [6.45, 7) is 0. The highest BCUT2D eigenvalue weighted by Gasteiger charge is 1.98. The van der Waals surface area contributed by atoms with Crippen LogP contribution < -0.4 is 0 Å². The Morgan fingerprint density at radius 1 is 1.38 bits per heavy atom. The SMILES string of the molecule is C#Cc1cncc(-c2cccs2)c1. The molecule has 0 atom stereocenters. The van der Waals surface area contributed by atoms with Gasteiger partial charge in [-0.05, 0) is 17.5 Å². The predicted octanol–water partition coefficient (Wildman–Crippen LogP) is 2.79. The van der Waals surface area contributed by atoms with Gasteiger partial charge in [0.15, 0.2) is 0 Å². The number of aromatic nitrogens is 1. The van der Waals surface area contributed by atoms with Crippen LogP contribution in [-0.4, -0.2) is 4.98 Å². The van der Waals surface area contributed by atoms with Crippen LogP contribution in [-0.2, 0) is 0 Å². The summed E-state index contributed by atoms with van der Waals surface area (Å²) in [5, 5.41) is 2.04. The Labute approximate surface area is 81.1 Å². The van der Waals surface area contributed by atoms with Crippen LogP contribution >= 0.6 is 11.3 Å². The van der Waals surface area contributed by atoms with Crippen molar-refractivity contribution < 1.29 is 0 Å². The Bertz CT molecular complexity index is 437. The molecule has 13 heavy (non-hydrogen) atoms. The third-order valence-electron chi connectivity index (χ3n) is 1.71. The first-order chi connectivity index (χ1) is 6.40. The van der Waals surface area contributed by atoms with Gasteiger partial charge in [0.2, 0.25) is 0 Å². The first kappa shape index (κ1) is 8.03. The number of pyridine rings is 1. The van der Waals surface area contributed by atoms with E-state index in [4.69, 9.17) is 6.42 Å². The van der Waals surface area contributed by atoms with E-state index < -0.39 is 0 Å². The van der Waals surface area contributed by atoms with E-state index in [1.54, 1.807) is 17.5 Å². The molecule has 0 amide bonds. The average molecular weight is 185 g/mol. The Morgan fingerprint density at radius 2 is 2.31 bits per heavy atom. The highest BCUT2D eigenvalue weighted by Crippen LogP contribution is 2.23. The maximum Gasteiger partial charge on any atom is 0.0432 e. The van der Waals surface area contributed by atoms with Crippen LogP contribution in [0.5, 0.6) is 0 Å². The minimum atomic E-state index is 0.825. The molecule has 1 nitrogen and oxygen atoms in total. The summed E-state index contributed by atoms with van der Waals surface area (Å²) in [6.07, 6.45) is 8.80. The quantitative estimate of drug-likeness (QED) is 0.622. The van der Waals surface area contributed by atoms with E-state index in [-0.39, 0.29) is 0 Å². The fourth-order valence-electron chi connectivity index (χ4n) is 1.10. The zero-order chi connectivity index (χ0) is 9.10. The maximum atomic E-state index is 5.29. The number of terminal acetylenes is 1. The monoisotopic (exact) mass is 185 g/mol. The molecule has 0 aliphatic carbocycles. The minimum Gasteiger partial charge on any atom is -0.263 e. The van der Waals surface area contributed by atoms with Crippen molar-refractivity contribution in [1.82, 2.24) is 4.98 Å². The normalized spacial score (nSPS) is 9.46. The van der Waals surface area contributed by atoms with Crippen LogP contribution in [0.4, 0.5) is 0 Å². The average Bonchev–Trinajstić information content (AvgIpc) is 2.71. The molecule has 2 heteroatoms. The lowest BCUT2D eigenvalue weighted by atomic mass is 10.2. The van der Waals surface area contributed by atoms with Crippen molar-refractivity contribution in [1.29, 1.82) is 0 Å². The van der Waals surface area contributed by atoms with E-state index in [9.17, 15) is 0 Å². The molecular formula is C11H7NS. The van der Waals surface area contributed by atoms with E-state index in [2.05, 4.69) is 17.0 Å². The summed E-state index contributed by atoms with van der Waals surface area (Å²) in [6, 6.07) is 6.04. The zero-order valence-corrected chi connectivity index (χ0v) is 7.71. The van der Waals surface area contributed by atoms with Crippen LogP contribution in [0.3, 0.4) is 0 Å². The molecule has 2 aromatic rings. The molecule has 0 fully saturated rings. The summed E-state index contributed by atoms with van der Waals surface area (Å²) < 4.78 is 0. The zero-order valence-electron chi connectivity index (χ0n) is 6.90. The Morgan fingerprint density at radius 3 is 3.00 bits per heavy atom. The summed E-state index contributed by atoms with van der Waals surface area (Å²) in [5.74, 6) is 2.57.